The normalized spacial score (nSPS) is 17.2. The number of thiazole rings is 1. The van der Waals surface area contributed by atoms with Gasteiger partial charge in [0.2, 0.25) is 15.9 Å². The van der Waals surface area contributed by atoms with Crippen molar-refractivity contribution in [3.63, 3.8) is 0 Å². The van der Waals surface area contributed by atoms with Crippen molar-refractivity contribution in [2.75, 3.05) is 13.1 Å². The topological polar surface area (TPSA) is 131 Å². The lowest BCUT2D eigenvalue weighted by Crippen LogP contribution is -2.43. The molecule has 10 nitrogen and oxygen atoms in total. The van der Waals surface area contributed by atoms with Crippen LogP contribution in [0.25, 0.3) is 21.3 Å². The number of alkyl halides is 7. The number of aromatic nitrogens is 3. The summed E-state index contributed by atoms with van der Waals surface area (Å²) < 4.78 is 146. The number of nitrogens with one attached hydrogen (secondary N) is 1. The molecule has 0 saturated carbocycles. The van der Waals surface area contributed by atoms with Crippen LogP contribution in [0.4, 0.5) is 35.1 Å². The maximum atomic E-state index is 15.7. The van der Waals surface area contributed by atoms with Crippen LogP contribution in [0, 0.1) is 5.82 Å². The second-order valence-electron chi connectivity index (χ2n) is 10.9. The Balaban J connectivity index is 1.82. The summed E-state index contributed by atoms with van der Waals surface area (Å²) in [6.07, 6.45) is -6.05. The molecule has 0 spiro atoms. The lowest BCUT2D eigenvalue weighted by molar-refractivity contribution is -0.147. The van der Waals surface area contributed by atoms with Gasteiger partial charge in [-0.3, -0.25) is 4.90 Å². The lowest BCUT2D eigenvalue weighted by atomic mass is 10.1. The fraction of sp³-hybridized carbons (Fsp3) is 0.560. The first-order valence-corrected chi connectivity index (χ1v) is 15.5. The fourth-order valence-corrected chi connectivity index (χ4v) is 6.60. The van der Waals surface area contributed by atoms with Crippen molar-refractivity contribution in [1.82, 2.24) is 24.8 Å². The molecule has 1 aliphatic rings. The molecule has 250 valence electrons. The van der Waals surface area contributed by atoms with Gasteiger partial charge in [0, 0.05) is 38.0 Å². The monoisotopic (exact) mass is 693 g/mol. The highest BCUT2D eigenvalue weighted by atomic mass is 32.2. The van der Waals surface area contributed by atoms with E-state index in [1.165, 1.54) is 18.6 Å². The minimum Gasteiger partial charge on any atom is -0.431 e. The number of hydrogen-bond donors (Lipinski definition) is 2. The quantitative estimate of drug-likeness (QED) is 0.255. The second-order valence-corrected chi connectivity index (χ2v) is 13.6. The van der Waals surface area contributed by atoms with Gasteiger partial charge >= 0.3 is 12.8 Å². The third kappa shape index (κ3) is 8.66. The number of piperidine rings is 1. The number of nitrogens with zero attached hydrogens (tertiary/aromatic N) is 4. The van der Waals surface area contributed by atoms with E-state index in [9.17, 15) is 44.3 Å². The molecule has 4 rings (SSSR count). The highest BCUT2D eigenvalue weighted by molar-refractivity contribution is 7.89. The van der Waals surface area contributed by atoms with Crippen molar-refractivity contribution >= 4 is 21.4 Å². The number of halogens is 8. The molecule has 45 heavy (non-hydrogen) atoms. The molecule has 1 aliphatic heterocycles. The van der Waals surface area contributed by atoms with Gasteiger partial charge in [-0.05, 0) is 32.9 Å². The number of rotatable bonds is 11. The average molecular weight is 694 g/mol. The number of ether oxygens (including phenoxy) is 1. The van der Waals surface area contributed by atoms with E-state index >= 15 is 4.39 Å². The van der Waals surface area contributed by atoms with E-state index in [0.29, 0.717) is 24.3 Å². The number of hydrogen-bond acceptors (Lipinski definition) is 10. The van der Waals surface area contributed by atoms with Crippen LogP contribution in [0.5, 0.6) is 5.75 Å². The molecular weight excluding hydrogens is 666 g/mol. The Morgan fingerprint density at radius 3 is 2.40 bits per heavy atom. The second kappa shape index (κ2) is 12.7. The molecule has 3 aromatic rings. The zero-order valence-corrected chi connectivity index (χ0v) is 25.4. The van der Waals surface area contributed by atoms with Gasteiger partial charge in [0.25, 0.3) is 11.8 Å². The van der Waals surface area contributed by atoms with Gasteiger partial charge in [-0.2, -0.15) is 26.7 Å². The molecular formula is C25H27F8N5O5S2. The van der Waals surface area contributed by atoms with E-state index in [-0.39, 0.29) is 53.4 Å². The molecule has 0 unspecified atom stereocenters. The zero-order chi connectivity index (χ0) is 33.5. The first-order valence-electron chi connectivity index (χ1n) is 13.2. The van der Waals surface area contributed by atoms with E-state index in [0.717, 1.165) is 6.07 Å². The van der Waals surface area contributed by atoms with E-state index in [1.807, 2.05) is 0 Å². The largest absolute Gasteiger partial charge is 0.431 e. The van der Waals surface area contributed by atoms with Crippen LogP contribution in [0.3, 0.4) is 0 Å². The molecule has 0 amide bonds. The van der Waals surface area contributed by atoms with Crippen molar-refractivity contribution < 1.29 is 57.8 Å². The summed E-state index contributed by atoms with van der Waals surface area (Å²) in [5.74, 6) is -6.27. The Labute approximate surface area is 255 Å². The Morgan fingerprint density at radius 2 is 1.82 bits per heavy atom. The Morgan fingerprint density at radius 1 is 1.18 bits per heavy atom. The average Bonchev–Trinajstić information content (AvgIpc) is 3.51. The van der Waals surface area contributed by atoms with Gasteiger partial charge in [0.15, 0.2) is 16.6 Å². The van der Waals surface area contributed by atoms with Crippen LogP contribution in [0.2, 0.25) is 0 Å². The molecule has 2 aromatic heterocycles. The predicted octanol–water partition coefficient (Wildman–Crippen LogP) is 5.37. The summed E-state index contributed by atoms with van der Waals surface area (Å²) >= 11 is 0.713. The van der Waals surface area contributed by atoms with E-state index < -0.39 is 75.2 Å². The number of sulfonamides is 1. The van der Waals surface area contributed by atoms with Crippen LogP contribution in [0.1, 0.15) is 45.2 Å². The van der Waals surface area contributed by atoms with Crippen molar-refractivity contribution in [3.05, 3.63) is 29.5 Å². The standard InChI is InChI=1S/C25H27F8N5O5S2/c1-12(25(31,32)33)37-45(40,41)15-5-4-13(18(17(15)26)43-22(27)28)19-14(11-38-8-6-24(29,30)7-9-38)34-21(44-19)20-36-35-16(42-20)10-23(2,3)39/h4-5,12,22,37,39H,6-11H2,1-3H3/t12-/m0/s1. The van der Waals surface area contributed by atoms with Crippen LogP contribution >= 0.6 is 11.3 Å². The maximum Gasteiger partial charge on any atom is 0.404 e. The molecule has 0 aliphatic carbocycles. The summed E-state index contributed by atoms with van der Waals surface area (Å²) in [4.78, 5) is 4.51. The van der Waals surface area contributed by atoms with Crippen LogP contribution in [-0.2, 0) is 23.0 Å². The van der Waals surface area contributed by atoms with Crippen LogP contribution in [-0.4, -0.2) is 77.0 Å². The molecule has 2 N–H and O–H groups in total. The summed E-state index contributed by atoms with van der Waals surface area (Å²) in [5, 5.41) is 17.7. The first-order chi connectivity index (χ1) is 20.6. The first kappa shape index (κ1) is 34.9. The third-order valence-electron chi connectivity index (χ3n) is 6.52. The molecule has 0 bridgehead atoms. The number of likely N-dealkylation sites (tertiary alicyclic amines) is 1. The molecule has 1 saturated heterocycles. The van der Waals surface area contributed by atoms with Crippen LogP contribution in [0.15, 0.2) is 21.4 Å². The summed E-state index contributed by atoms with van der Waals surface area (Å²) in [5.41, 5.74) is -1.64. The molecule has 1 atom stereocenters. The molecule has 20 heteroatoms. The molecule has 1 fully saturated rings. The lowest BCUT2D eigenvalue weighted by Gasteiger charge is -2.31. The molecule has 3 heterocycles. The minimum atomic E-state index is -5.24. The minimum absolute atomic E-state index is 0.0111. The summed E-state index contributed by atoms with van der Waals surface area (Å²) in [7, 11) is -5.24. The number of aliphatic hydroxyl groups is 1. The Hall–Kier alpha value is -2.94. The Kier molecular flexibility index (Phi) is 9.85. The van der Waals surface area contributed by atoms with Gasteiger partial charge in [0.05, 0.1) is 22.6 Å². The van der Waals surface area contributed by atoms with E-state index in [1.54, 1.807) is 4.90 Å². The molecule has 1 aromatic carbocycles. The third-order valence-corrected chi connectivity index (χ3v) is 9.19. The SMILES string of the molecule is C[C@H](NS(=O)(=O)c1ccc(-c2sc(-c3nnc(CC(C)(C)O)o3)nc2CN2CCC(F)(F)CC2)c(OC(F)F)c1F)C(F)(F)F. The van der Waals surface area contributed by atoms with E-state index in [2.05, 4.69) is 19.9 Å². The highest BCUT2D eigenvalue weighted by Crippen LogP contribution is 2.44. The van der Waals surface area contributed by atoms with Crippen molar-refractivity contribution in [2.24, 2.45) is 0 Å². The molecule has 0 radical (unpaired) electrons. The van der Waals surface area contributed by atoms with Crippen molar-refractivity contribution in [1.29, 1.82) is 0 Å². The van der Waals surface area contributed by atoms with Gasteiger partial charge in [-0.1, -0.05) is 0 Å². The maximum absolute atomic E-state index is 15.7. The Bertz CT molecular complexity index is 1610. The van der Waals surface area contributed by atoms with Gasteiger partial charge in [0.1, 0.15) is 10.9 Å². The van der Waals surface area contributed by atoms with Gasteiger partial charge in [-0.15, -0.1) is 21.5 Å². The predicted molar refractivity (Wildman–Crippen MR) is 143 cm³/mol. The highest BCUT2D eigenvalue weighted by Gasteiger charge is 2.40. The fourth-order valence-electron chi connectivity index (χ4n) is 4.28. The smallest absolute Gasteiger partial charge is 0.404 e. The van der Waals surface area contributed by atoms with E-state index in [4.69, 9.17) is 4.42 Å². The van der Waals surface area contributed by atoms with Crippen molar-refractivity contribution in [2.45, 2.75) is 81.8 Å². The van der Waals surface area contributed by atoms with Crippen molar-refractivity contribution in [3.8, 4) is 27.1 Å². The van der Waals surface area contributed by atoms with Gasteiger partial charge in [-0.25, -0.2) is 26.6 Å². The summed E-state index contributed by atoms with van der Waals surface area (Å²) in [6.45, 7) is -0.560. The zero-order valence-electron chi connectivity index (χ0n) is 23.8. The van der Waals surface area contributed by atoms with Gasteiger partial charge < -0.3 is 14.3 Å². The van der Waals surface area contributed by atoms with Crippen LogP contribution < -0.4 is 9.46 Å². The number of benzene rings is 1. The summed E-state index contributed by atoms with van der Waals surface area (Å²) in [6, 6.07) is -1.22.